The second kappa shape index (κ2) is 7.03. The molecular weight excluding hydrogens is 293 g/mol. The lowest BCUT2D eigenvalue weighted by Crippen LogP contribution is -2.39. The molecule has 0 atom stereocenters. The molecule has 0 saturated carbocycles. The molecule has 0 amide bonds. The van der Waals surface area contributed by atoms with Gasteiger partial charge < -0.3 is 4.74 Å². The Hall–Kier alpha value is -1.42. The molecule has 0 unspecified atom stereocenters. The highest BCUT2D eigenvalue weighted by Gasteiger charge is 2.31. The van der Waals surface area contributed by atoms with Crippen molar-refractivity contribution >= 4 is 10.0 Å². The lowest BCUT2D eigenvalue weighted by Gasteiger charge is -2.31. The Morgan fingerprint density at radius 2 is 2.00 bits per heavy atom. The van der Waals surface area contributed by atoms with Crippen molar-refractivity contribution < 1.29 is 17.5 Å². The zero-order valence-electron chi connectivity index (χ0n) is 11.7. The summed E-state index contributed by atoms with van der Waals surface area (Å²) >= 11 is 0. The second-order valence-electron chi connectivity index (χ2n) is 5.00. The molecule has 4 nitrogen and oxygen atoms in total. The predicted molar refractivity (Wildman–Crippen MR) is 77.5 cm³/mol. The summed E-state index contributed by atoms with van der Waals surface area (Å²) in [5, 5.41) is 0. The fourth-order valence-corrected chi connectivity index (χ4v) is 3.93. The first-order valence-electron chi connectivity index (χ1n) is 6.81. The Labute approximate surface area is 125 Å². The molecule has 21 heavy (non-hydrogen) atoms. The number of halogens is 1. The average Bonchev–Trinajstić information content (AvgIpc) is 2.48. The Morgan fingerprint density at radius 1 is 1.33 bits per heavy atom. The van der Waals surface area contributed by atoms with Crippen LogP contribution in [0.4, 0.5) is 4.39 Å². The van der Waals surface area contributed by atoms with Gasteiger partial charge in [0, 0.05) is 13.1 Å². The Bertz CT molecular complexity index is 616. The Kier molecular flexibility index (Phi) is 5.34. The van der Waals surface area contributed by atoms with Gasteiger partial charge in [0.2, 0.25) is 10.0 Å². The number of nitrogens with zero attached hydrogens (tertiary/aromatic N) is 1. The first-order valence-corrected chi connectivity index (χ1v) is 8.25. The quantitative estimate of drug-likeness (QED) is 0.616. The van der Waals surface area contributed by atoms with Crippen LogP contribution < -0.4 is 0 Å². The fourth-order valence-electron chi connectivity index (χ4n) is 2.39. The molecule has 1 aliphatic rings. The van der Waals surface area contributed by atoms with Crippen molar-refractivity contribution in [1.82, 2.24) is 4.31 Å². The van der Waals surface area contributed by atoms with Crippen molar-refractivity contribution in [2.75, 3.05) is 26.3 Å². The second-order valence-corrected chi connectivity index (χ2v) is 6.90. The maximum absolute atomic E-state index is 13.7. The van der Waals surface area contributed by atoms with Gasteiger partial charge in [0.05, 0.1) is 6.61 Å². The maximum Gasteiger partial charge on any atom is 0.245 e. The molecule has 0 bridgehead atoms. The number of ether oxygens (including phenoxy) is 1. The van der Waals surface area contributed by atoms with Crippen molar-refractivity contribution in [2.45, 2.75) is 17.7 Å². The third kappa shape index (κ3) is 3.82. The molecule has 0 aliphatic carbocycles. The number of terminal acetylenes is 1. The molecule has 1 aromatic rings. The number of hydrogen-bond acceptors (Lipinski definition) is 3. The van der Waals surface area contributed by atoms with Gasteiger partial charge >= 0.3 is 0 Å². The van der Waals surface area contributed by atoms with Crippen LogP contribution in [0.25, 0.3) is 0 Å². The van der Waals surface area contributed by atoms with E-state index in [9.17, 15) is 12.8 Å². The van der Waals surface area contributed by atoms with Gasteiger partial charge in [0.15, 0.2) is 0 Å². The fraction of sp³-hybridized carbons (Fsp3) is 0.467. The summed E-state index contributed by atoms with van der Waals surface area (Å²) in [6.45, 7) is 1.56. The third-order valence-corrected chi connectivity index (χ3v) is 5.50. The standard InChI is InChI=1S/C15H18FNO3S/c1-2-11-20-12-13-7-9-17(10-8-13)21(18,19)15-6-4-3-5-14(15)16/h1,3-6,13H,7-12H2. The lowest BCUT2D eigenvalue weighted by molar-refractivity contribution is 0.101. The van der Waals surface area contributed by atoms with E-state index in [1.54, 1.807) is 0 Å². The predicted octanol–water partition coefficient (Wildman–Crippen LogP) is 1.88. The molecule has 1 fully saturated rings. The lowest BCUT2D eigenvalue weighted by atomic mass is 9.99. The van der Waals surface area contributed by atoms with E-state index in [2.05, 4.69) is 5.92 Å². The van der Waals surface area contributed by atoms with Crippen LogP contribution in [0.3, 0.4) is 0 Å². The van der Waals surface area contributed by atoms with Crippen molar-refractivity contribution in [3.05, 3.63) is 30.1 Å². The molecule has 2 rings (SSSR count). The van der Waals surface area contributed by atoms with Gasteiger partial charge in [-0.3, -0.25) is 0 Å². The zero-order valence-corrected chi connectivity index (χ0v) is 12.5. The van der Waals surface area contributed by atoms with Crippen LogP contribution in [0.1, 0.15) is 12.8 Å². The largest absolute Gasteiger partial charge is 0.369 e. The summed E-state index contributed by atoms with van der Waals surface area (Å²) in [6, 6.07) is 5.46. The van der Waals surface area contributed by atoms with Crippen LogP contribution in [0.15, 0.2) is 29.2 Å². The van der Waals surface area contributed by atoms with Crippen molar-refractivity contribution in [3.63, 3.8) is 0 Å². The SMILES string of the molecule is C#CCOCC1CCN(S(=O)(=O)c2ccccc2F)CC1. The topological polar surface area (TPSA) is 46.6 Å². The van der Waals surface area contributed by atoms with E-state index in [1.807, 2.05) is 0 Å². The number of piperidine rings is 1. The van der Waals surface area contributed by atoms with Crippen molar-refractivity contribution in [2.24, 2.45) is 5.92 Å². The van der Waals surface area contributed by atoms with Crippen LogP contribution in [-0.4, -0.2) is 39.0 Å². The maximum atomic E-state index is 13.7. The number of benzene rings is 1. The minimum absolute atomic E-state index is 0.257. The van der Waals surface area contributed by atoms with Crippen LogP contribution in [-0.2, 0) is 14.8 Å². The van der Waals surface area contributed by atoms with Crippen LogP contribution >= 0.6 is 0 Å². The summed E-state index contributed by atoms with van der Waals surface area (Å²) < 4.78 is 45.1. The zero-order chi connectivity index (χ0) is 15.3. The van der Waals surface area contributed by atoms with Gasteiger partial charge in [-0.1, -0.05) is 18.1 Å². The normalized spacial score (nSPS) is 17.5. The Morgan fingerprint density at radius 3 is 2.62 bits per heavy atom. The van der Waals surface area contributed by atoms with E-state index in [0.29, 0.717) is 38.5 Å². The van der Waals surface area contributed by atoms with Crippen molar-refractivity contribution in [3.8, 4) is 12.3 Å². The monoisotopic (exact) mass is 311 g/mol. The molecule has 0 spiro atoms. The first kappa shape index (κ1) is 16.0. The summed E-state index contributed by atoms with van der Waals surface area (Å²) in [5.74, 6) is 1.98. The molecule has 1 saturated heterocycles. The third-order valence-electron chi connectivity index (χ3n) is 3.57. The molecule has 0 aromatic heterocycles. The van der Waals surface area contributed by atoms with Gasteiger partial charge in [0.25, 0.3) is 0 Å². The van der Waals surface area contributed by atoms with E-state index >= 15 is 0 Å². The van der Waals surface area contributed by atoms with Gasteiger partial charge in [-0.2, -0.15) is 4.31 Å². The minimum atomic E-state index is -3.76. The van der Waals surface area contributed by atoms with Gasteiger partial charge in [-0.15, -0.1) is 6.42 Å². The average molecular weight is 311 g/mol. The molecule has 1 aromatic carbocycles. The molecule has 114 valence electrons. The van der Waals surface area contributed by atoms with Gasteiger partial charge in [-0.05, 0) is 30.9 Å². The van der Waals surface area contributed by atoms with E-state index in [4.69, 9.17) is 11.2 Å². The number of rotatable bonds is 5. The summed E-state index contributed by atoms with van der Waals surface area (Å²) in [7, 11) is -3.76. The smallest absolute Gasteiger partial charge is 0.245 e. The highest BCUT2D eigenvalue weighted by molar-refractivity contribution is 7.89. The van der Waals surface area contributed by atoms with E-state index < -0.39 is 15.8 Å². The van der Waals surface area contributed by atoms with Crippen LogP contribution in [0.5, 0.6) is 0 Å². The molecular formula is C15H18FNO3S. The summed E-state index contributed by atoms with van der Waals surface area (Å²) in [5.41, 5.74) is 0. The molecule has 1 heterocycles. The van der Waals surface area contributed by atoms with Gasteiger partial charge in [-0.25, -0.2) is 12.8 Å². The van der Waals surface area contributed by atoms with E-state index in [0.717, 1.165) is 6.07 Å². The highest BCUT2D eigenvalue weighted by Crippen LogP contribution is 2.25. The van der Waals surface area contributed by atoms with Crippen LogP contribution in [0, 0.1) is 24.1 Å². The Balaban J connectivity index is 1.99. The molecule has 6 heteroatoms. The van der Waals surface area contributed by atoms with E-state index in [-0.39, 0.29) is 11.5 Å². The molecule has 0 N–H and O–H groups in total. The van der Waals surface area contributed by atoms with Gasteiger partial charge in [0.1, 0.15) is 17.3 Å². The molecule has 1 aliphatic heterocycles. The highest BCUT2D eigenvalue weighted by atomic mass is 32.2. The minimum Gasteiger partial charge on any atom is -0.369 e. The first-order chi connectivity index (χ1) is 10.1. The number of sulfonamides is 1. The summed E-state index contributed by atoms with van der Waals surface area (Å²) in [6.07, 6.45) is 6.49. The number of hydrogen-bond donors (Lipinski definition) is 0. The summed E-state index contributed by atoms with van der Waals surface area (Å²) in [4.78, 5) is -0.257. The van der Waals surface area contributed by atoms with Crippen molar-refractivity contribution in [1.29, 1.82) is 0 Å². The van der Waals surface area contributed by atoms with Crippen LogP contribution in [0.2, 0.25) is 0 Å². The molecule has 0 radical (unpaired) electrons. The van der Waals surface area contributed by atoms with E-state index in [1.165, 1.54) is 22.5 Å².